The van der Waals surface area contributed by atoms with Gasteiger partial charge in [-0.1, -0.05) is 41.7 Å². The van der Waals surface area contributed by atoms with Gasteiger partial charge >= 0.3 is 6.18 Å². The molecule has 0 aliphatic carbocycles. The number of alkyl halides is 3. The molecule has 7 heteroatoms. The molecule has 0 aliphatic rings. The summed E-state index contributed by atoms with van der Waals surface area (Å²) in [6.45, 7) is 0. The quantitative estimate of drug-likeness (QED) is 0.667. The van der Waals surface area contributed by atoms with Crippen LogP contribution in [0.5, 0.6) is 5.75 Å². The summed E-state index contributed by atoms with van der Waals surface area (Å²) in [4.78, 5) is 3.84. The fraction of sp³-hybridized carbons (Fsp3) is 0.118. The standard InChI is InChI=1S/C17H13F3N2OS/c1-23-13-9-7-12(8-10-13)21-16-22-15(17(18,19)20)14(24-16)11-5-3-2-4-6-11/h2-10H,1H3,(H,21,22). The van der Waals surface area contributed by atoms with Crippen LogP contribution < -0.4 is 10.1 Å². The minimum atomic E-state index is -4.51. The Kier molecular flexibility index (Phi) is 4.44. The zero-order chi connectivity index (χ0) is 17.2. The predicted molar refractivity (Wildman–Crippen MR) is 88.8 cm³/mol. The second-order valence-corrected chi connectivity index (χ2v) is 5.91. The van der Waals surface area contributed by atoms with Gasteiger partial charge in [0, 0.05) is 5.69 Å². The van der Waals surface area contributed by atoms with E-state index in [0.29, 0.717) is 17.0 Å². The average molecular weight is 350 g/mol. The first-order chi connectivity index (χ1) is 11.5. The van der Waals surface area contributed by atoms with E-state index in [1.807, 2.05) is 0 Å². The van der Waals surface area contributed by atoms with Crippen molar-refractivity contribution in [2.75, 3.05) is 12.4 Å². The fourth-order valence-corrected chi connectivity index (χ4v) is 3.16. The van der Waals surface area contributed by atoms with E-state index in [2.05, 4.69) is 10.3 Å². The van der Waals surface area contributed by atoms with Gasteiger partial charge in [0.15, 0.2) is 10.8 Å². The normalized spacial score (nSPS) is 11.3. The second kappa shape index (κ2) is 6.52. The van der Waals surface area contributed by atoms with Gasteiger partial charge in [0.2, 0.25) is 0 Å². The van der Waals surface area contributed by atoms with Crippen LogP contribution in [0.15, 0.2) is 54.6 Å². The molecule has 0 bridgehead atoms. The summed E-state index contributed by atoms with van der Waals surface area (Å²) in [5, 5.41) is 3.10. The second-order valence-electron chi connectivity index (χ2n) is 4.91. The van der Waals surface area contributed by atoms with Crippen molar-refractivity contribution in [2.24, 2.45) is 0 Å². The third kappa shape index (κ3) is 3.51. The minimum absolute atomic E-state index is 0.0964. The van der Waals surface area contributed by atoms with Crippen LogP contribution in [0.2, 0.25) is 0 Å². The summed E-state index contributed by atoms with van der Waals surface area (Å²) >= 11 is 0.971. The molecule has 24 heavy (non-hydrogen) atoms. The van der Waals surface area contributed by atoms with E-state index < -0.39 is 11.9 Å². The number of ether oxygens (including phenoxy) is 1. The summed E-state index contributed by atoms with van der Waals surface area (Å²) in [6, 6.07) is 15.3. The molecular formula is C17H13F3N2OS. The van der Waals surface area contributed by atoms with Gasteiger partial charge in [-0.2, -0.15) is 13.2 Å². The highest BCUT2D eigenvalue weighted by molar-refractivity contribution is 7.19. The summed E-state index contributed by atoms with van der Waals surface area (Å²) < 4.78 is 44.9. The first-order valence-electron chi connectivity index (χ1n) is 7.02. The molecule has 0 unspecified atom stereocenters. The molecular weight excluding hydrogens is 337 g/mol. The van der Waals surface area contributed by atoms with Crippen LogP contribution in [0.1, 0.15) is 5.69 Å². The van der Waals surface area contributed by atoms with Gasteiger partial charge in [0.1, 0.15) is 5.75 Å². The van der Waals surface area contributed by atoms with Gasteiger partial charge in [-0.15, -0.1) is 0 Å². The number of rotatable bonds is 4. The molecule has 0 saturated heterocycles. The van der Waals surface area contributed by atoms with Crippen LogP contribution in [0.4, 0.5) is 24.0 Å². The van der Waals surface area contributed by atoms with Gasteiger partial charge in [-0.05, 0) is 29.8 Å². The molecule has 1 heterocycles. The highest BCUT2D eigenvalue weighted by Crippen LogP contribution is 2.42. The summed E-state index contributed by atoms with van der Waals surface area (Å²) in [5.41, 5.74) is 0.248. The van der Waals surface area contributed by atoms with Crippen LogP contribution in [-0.4, -0.2) is 12.1 Å². The van der Waals surface area contributed by atoms with Gasteiger partial charge in [0.25, 0.3) is 0 Å². The smallest absolute Gasteiger partial charge is 0.434 e. The van der Waals surface area contributed by atoms with E-state index in [1.54, 1.807) is 61.7 Å². The lowest BCUT2D eigenvalue weighted by Crippen LogP contribution is -2.07. The predicted octanol–water partition coefficient (Wildman–Crippen LogP) is 5.58. The lowest BCUT2D eigenvalue weighted by molar-refractivity contribution is -0.140. The number of anilines is 2. The molecule has 0 fully saturated rings. The third-order valence-corrected chi connectivity index (χ3v) is 4.29. The zero-order valence-corrected chi connectivity index (χ0v) is 13.4. The van der Waals surface area contributed by atoms with E-state index in [1.165, 1.54) is 0 Å². The van der Waals surface area contributed by atoms with E-state index in [0.717, 1.165) is 11.3 Å². The fourth-order valence-electron chi connectivity index (χ4n) is 2.15. The Labute approximate surface area is 140 Å². The molecule has 0 radical (unpaired) electrons. The van der Waals surface area contributed by atoms with Crippen molar-refractivity contribution in [1.29, 1.82) is 0 Å². The number of hydrogen-bond donors (Lipinski definition) is 1. The highest BCUT2D eigenvalue weighted by atomic mass is 32.1. The Balaban J connectivity index is 1.96. The number of aromatic nitrogens is 1. The number of methoxy groups -OCH3 is 1. The third-order valence-electron chi connectivity index (χ3n) is 3.27. The number of nitrogens with zero attached hydrogens (tertiary/aromatic N) is 1. The van der Waals surface area contributed by atoms with E-state index in [4.69, 9.17) is 4.74 Å². The number of halogens is 3. The first-order valence-corrected chi connectivity index (χ1v) is 7.83. The number of hydrogen-bond acceptors (Lipinski definition) is 4. The molecule has 0 spiro atoms. The Morgan fingerprint density at radius 1 is 1.00 bits per heavy atom. The number of thiazole rings is 1. The van der Waals surface area contributed by atoms with Gasteiger partial charge < -0.3 is 10.1 Å². The van der Waals surface area contributed by atoms with Crippen LogP contribution >= 0.6 is 11.3 Å². The molecule has 124 valence electrons. The van der Waals surface area contributed by atoms with E-state index in [-0.39, 0.29) is 10.0 Å². The van der Waals surface area contributed by atoms with Crippen LogP contribution in [-0.2, 0) is 6.18 Å². The lowest BCUT2D eigenvalue weighted by atomic mass is 10.1. The maximum absolute atomic E-state index is 13.3. The first kappa shape index (κ1) is 16.3. The van der Waals surface area contributed by atoms with Crippen molar-refractivity contribution in [3.05, 3.63) is 60.3 Å². The number of nitrogens with one attached hydrogen (secondary N) is 1. The number of benzene rings is 2. The van der Waals surface area contributed by atoms with Crippen molar-refractivity contribution in [3.63, 3.8) is 0 Å². The molecule has 2 aromatic carbocycles. The van der Waals surface area contributed by atoms with Crippen molar-refractivity contribution >= 4 is 22.2 Å². The molecule has 0 atom stereocenters. The zero-order valence-electron chi connectivity index (χ0n) is 12.6. The Hall–Kier alpha value is -2.54. The molecule has 0 aliphatic heterocycles. The largest absolute Gasteiger partial charge is 0.497 e. The summed E-state index contributed by atoms with van der Waals surface area (Å²) in [6.07, 6.45) is -4.51. The molecule has 3 aromatic rings. The SMILES string of the molecule is COc1ccc(Nc2nc(C(F)(F)F)c(-c3ccccc3)s2)cc1. The monoisotopic (exact) mass is 350 g/mol. The average Bonchev–Trinajstić information content (AvgIpc) is 3.01. The van der Waals surface area contributed by atoms with E-state index in [9.17, 15) is 13.2 Å². The van der Waals surface area contributed by atoms with Crippen molar-refractivity contribution in [1.82, 2.24) is 4.98 Å². The molecule has 1 aromatic heterocycles. The van der Waals surface area contributed by atoms with Crippen molar-refractivity contribution in [3.8, 4) is 16.2 Å². The minimum Gasteiger partial charge on any atom is -0.497 e. The topological polar surface area (TPSA) is 34.1 Å². The summed E-state index contributed by atoms with van der Waals surface area (Å²) in [5.74, 6) is 0.667. The Bertz CT molecular complexity index is 814. The van der Waals surface area contributed by atoms with Gasteiger partial charge in [0.05, 0.1) is 12.0 Å². The summed E-state index contributed by atoms with van der Waals surface area (Å²) in [7, 11) is 1.55. The molecule has 1 N–H and O–H groups in total. The van der Waals surface area contributed by atoms with E-state index >= 15 is 0 Å². The maximum atomic E-state index is 13.3. The molecule has 3 rings (SSSR count). The van der Waals surface area contributed by atoms with Crippen LogP contribution in [0, 0.1) is 0 Å². The lowest BCUT2D eigenvalue weighted by Gasteiger charge is -2.05. The van der Waals surface area contributed by atoms with Crippen LogP contribution in [0.25, 0.3) is 10.4 Å². The van der Waals surface area contributed by atoms with Gasteiger partial charge in [-0.25, -0.2) is 4.98 Å². The Morgan fingerprint density at radius 2 is 1.67 bits per heavy atom. The van der Waals surface area contributed by atoms with Crippen molar-refractivity contribution < 1.29 is 17.9 Å². The highest BCUT2D eigenvalue weighted by Gasteiger charge is 2.38. The Morgan fingerprint density at radius 3 is 2.25 bits per heavy atom. The molecule has 0 saturated carbocycles. The molecule has 3 nitrogen and oxygen atoms in total. The molecule has 0 amide bonds. The maximum Gasteiger partial charge on any atom is 0.434 e. The van der Waals surface area contributed by atoms with Crippen LogP contribution in [0.3, 0.4) is 0 Å². The van der Waals surface area contributed by atoms with Gasteiger partial charge in [-0.3, -0.25) is 0 Å². The van der Waals surface area contributed by atoms with Crippen molar-refractivity contribution in [2.45, 2.75) is 6.18 Å².